The molecule has 0 bridgehead atoms. The molecule has 5 heteroatoms. The third-order valence-electron chi connectivity index (χ3n) is 2.66. The minimum atomic E-state index is -0.175. The number of nitrogen functional groups attached to an aromatic ring is 1. The lowest BCUT2D eigenvalue weighted by atomic mass is 10.1. The van der Waals surface area contributed by atoms with E-state index in [1.54, 1.807) is 24.4 Å². The van der Waals surface area contributed by atoms with Gasteiger partial charge in [-0.1, -0.05) is 12.1 Å². The molecule has 0 amide bonds. The molecule has 1 aromatic heterocycles. The van der Waals surface area contributed by atoms with Crippen LogP contribution >= 0.6 is 15.9 Å². The van der Waals surface area contributed by atoms with E-state index < -0.39 is 0 Å². The van der Waals surface area contributed by atoms with E-state index in [1.807, 2.05) is 19.1 Å². The van der Waals surface area contributed by atoms with Crippen LogP contribution in [0.4, 0.5) is 5.82 Å². The number of hydrogen-bond acceptors (Lipinski definition) is 4. The highest BCUT2D eigenvalue weighted by Gasteiger charge is 2.10. The van der Waals surface area contributed by atoms with Gasteiger partial charge in [-0.05, 0) is 46.6 Å². The van der Waals surface area contributed by atoms with Crippen LogP contribution in [-0.2, 0) is 0 Å². The van der Waals surface area contributed by atoms with E-state index in [9.17, 15) is 0 Å². The van der Waals surface area contributed by atoms with Crippen LogP contribution in [0.25, 0.3) is 0 Å². The maximum absolute atomic E-state index is 8.76. The molecule has 0 aliphatic rings. The Balaban J connectivity index is 2.18. The minimum Gasteiger partial charge on any atom is -0.482 e. The zero-order chi connectivity index (χ0) is 13.8. The molecule has 0 radical (unpaired) electrons. The Morgan fingerprint density at radius 3 is 2.68 bits per heavy atom. The second-order valence-electron chi connectivity index (χ2n) is 4.03. The Morgan fingerprint density at radius 1 is 1.37 bits per heavy atom. The molecule has 19 heavy (non-hydrogen) atoms. The first-order valence-corrected chi connectivity index (χ1v) is 6.47. The SMILES string of the molecule is CC(Oc1cc(Br)cnc1N)c1ccc(C#N)cc1. The van der Waals surface area contributed by atoms with E-state index in [4.69, 9.17) is 15.7 Å². The van der Waals surface area contributed by atoms with Gasteiger partial charge in [0.25, 0.3) is 0 Å². The second-order valence-corrected chi connectivity index (χ2v) is 4.95. The van der Waals surface area contributed by atoms with Gasteiger partial charge in [0.1, 0.15) is 6.10 Å². The van der Waals surface area contributed by atoms with E-state index in [2.05, 4.69) is 27.0 Å². The number of nitrogens with zero attached hydrogens (tertiary/aromatic N) is 2. The average molecular weight is 318 g/mol. The van der Waals surface area contributed by atoms with E-state index in [0.717, 1.165) is 10.0 Å². The summed E-state index contributed by atoms with van der Waals surface area (Å²) in [5.74, 6) is 0.884. The van der Waals surface area contributed by atoms with Crippen molar-refractivity contribution in [2.45, 2.75) is 13.0 Å². The van der Waals surface area contributed by atoms with Crippen LogP contribution in [0.5, 0.6) is 5.75 Å². The van der Waals surface area contributed by atoms with Crippen molar-refractivity contribution in [2.75, 3.05) is 5.73 Å². The topological polar surface area (TPSA) is 71.9 Å². The molecule has 0 fully saturated rings. The predicted octanol–water partition coefficient (Wildman–Crippen LogP) is 3.44. The van der Waals surface area contributed by atoms with Crippen LogP contribution in [0.1, 0.15) is 24.2 Å². The van der Waals surface area contributed by atoms with Gasteiger partial charge in [0.05, 0.1) is 11.6 Å². The van der Waals surface area contributed by atoms with Gasteiger partial charge >= 0.3 is 0 Å². The molecule has 2 rings (SSSR count). The lowest BCUT2D eigenvalue weighted by Crippen LogP contribution is -2.05. The Morgan fingerprint density at radius 2 is 2.05 bits per heavy atom. The van der Waals surface area contributed by atoms with Gasteiger partial charge in [0.15, 0.2) is 11.6 Å². The number of aromatic nitrogens is 1. The number of pyridine rings is 1. The van der Waals surface area contributed by atoms with Crippen molar-refractivity contribution in [1.82, 2.24) is 4.98 Å². The molecule has 0 aliphatic heterocycles. The van der Waals surface area contributed by atoms with Crippen LogP contribution in [0.2, 0.25) is 0 Å². The van der Waals surface area contributed by atoms with Gasteiger partial charge in [-0.15, -0.1) is 0 Å². The molecule has 0 saturated carbocycles. The quantitative estimate of drug-likeness (QED) is 0.941. The molecule has 2 N–H and O–H groups in total. The minimum absolute atomic E-state index is 0.175. The highest BCUT2D eigenvalue weighted by atomic mass is 79.9. The standard InChI is InChI=1S/C14H12BrN3O/c1-9(11-4-2-10(7-16)3-5-11)19-13-6-12(15)8-18-14(13)17/h2-6,8-9H,1H3,(H2,17,18). The third kappa shape index (κ3) is 3.24. The van der Waals surface area contributed by atoms with Gasteiger partial charge in [0, 0.05) is 10.7 Å². The van der Waals surface area contributed by atoms with Gasteiger partial charge < -0.3 is 10.5 Å². The molecule has 1 heterocycles. The maximum atomic E-state index is 8.76. The first kappa shape index (κ1) is 13.4. The molecule has 1 unspecified atom stereocenters. The van der Waals surface area contributed by atoms with Crippen molar-refractivity contribution < 1.29 is 4.74 Å². The van der Waals surface area contributed by atoms with Crippen LogP contribution in [0, 0.1) is 11.3 Å². The van der Waals surface area contributed by atoms with Crippen LogP contribution in [-0.4, -0.2) is 4.98 Å². The summed E-state index contributed by atoms with van der Waals surface area (Å²) in [6, 6.07) is 11.1. The van der Waals surface area contributed by atoms with Gasteiger partial charge in [-0.25, -0.2) is 4.98 Å². The number of ether oxygens (including phenoxy) is 1. The normalized spacial score (nSPS) is 11.6. The lowest BCUT2D eigenvalue weighted by molar-refractivity contribution is 0.227. The molecule has 4 nitrogen and oxygen atoms in total. The van der Waals surface area contributed by atoms with E-state index >= 15 is 0 Å². The molecule has 0 aliphatic carbocycles. The average Bonchev–Trinajstić information content (AvgIpc) is 2.43. The van der Waals surface area contributed by atoms with Crippen molar-refractivity contribution in [2.24, 2.45) is 0 Å². The smallest absolute Gasteiger partial charge is 0.166 e. The summed E-state index contributed by atoms with van der Waals surface area (Å²) >= 11 is 3.33. The number of benzene rings is 1. The number of anilines is 1. The summed E-state index contributed by atoms with van der Waals surface area (Å²) in [6.45, 7) is 1.92. The molecule has 1 atom stereocenters. The molecule has 2 aromatic rings. The van der Waals surface area contributed by atoms with Crippen LogP contribution in [0.3, 0.4) is 0 Å². The third-order valence-corrected chi connectivity index (χ3v) is 3.10. The van der Waals surface area contributed by atoms with E-state index in [1.165, 1.54) is 0 Å². The van der Waals surface area contributed by atoms with Crippen molar-refractivity contribution in [3.63, 3.8) is 0 Å². The predicted molar refractivity (Wildman–Crippen MR) is 76.5 cm³/mol. The summed E-state index contributed by atoms with van der Waals surface area (Å²) in [5, 5.41) is 8.76. The molecule has 1 aromatic carbocycles. The van der Waals surface area contributed by atoms with Gasteiger partial charge in [-0.2, -0.15) is 5.26 Å². The summed E-state index contributed by atoms with van der Waals surface area (Å²) in [5.41, 5.74) is 7.36. The van der Waals surface area contributed by atoms with Gasteiger partial charge in [-0.3, -0.25) is 0 Å². The van der Waals surface area contributed by atoms with E-state index in [0.29, 0.717) is 17.1 Å². The van der Waals surface area contributed by atoms with Crippen molar-refractivity contribution in [3.05, 3.63) is 52.1 Å². The molecular weight excluding hydrogens is 306 g/mol. The Kier molecular flexibility index (Phi) is 4.03. The number of halogens is 1. The number of rotatable bonds is 3. The van der Waals surface area contributed by atoms with Crippen LogP contribution < -0.4 is 10.5 Å². The Hall–Kier alpha value is -2.06. The fourth-order valence-corrected chi connectivity index (χ4v) is 1.92. The molecule has 0 saturated heterocycles. The first-order valence-electron chi connectivity index (χ1n) is 5.68. The summed E-state index contributed by atoms with van der Waals surface area (Å²) in [6.07, 6.45) is 1.44. The second kappa shape index (κ2) is 5.72. The summed E-state index contributed by atoms with van der Waals surface area (Å²) in [7, 11) is 0. The number of nitriles is 1. The highest BCUT2D eigenvalue weighted by molar-refractivity contribution is 9.10. The monoisotopic (exact) mass is 317 g/mol. The van der Waals surface area contributed by atoms with Crippen LogP contribution in [0.15, 0.2) is 41.0 Å². The van der Waals surface area contributed by atoms with Crippen molar-refractivity contribution in [3.8, 4) is 11.8 Å². The number of hydrogen-bond donors (Lipinski definition) is 1. The number of nitrogens with two attached hydrogens (primary N) is 1. The Bertz CT molecular complexity index is 620. The fourth-order valence-electron chi connectivity index (χ4n) is 1.61. The van der Waals surface area contributed by atoms with E-state index in [-0.39, 0.29) is 6.10 Å². The first-order chi connectivity index (χ1) is 9.10. The highest BCUT2D eigenvalue weighted by Crippen LogP contribution is 2.28. The molecule has 96 valence electrons. The van der Waals surface area contributed by atoms with Crippen molar-refractivity contribution in [1.29, 1.82) is 5.26 Å². The zero-order valence-corrected chi connectivity index (χ0v) is 11.9. The van der Waals surface area contributed by atoms with Gasteiger partial charge in [0.2, 0.25) is 0 Å². The summed E-state index contributed by atoms with van der Waals surface area (Å²) < 4.78 is 6.59. The molecular formula is C14H12BrN3O. The van der Waals surface area contributed by atoms with Crippen molar-refractivity contribution >= 4 is 21.7 Å². The summed E-state index contributed by atoms with van der Waals surface area (Å²) in [4.78, 5) is 4.02. The largest absolute Gasteiger partial charge is 0.482 e. The fraction of sp³-hybridized carbons (Fsp3) is 0.143. The molecule has 0 spiro atoms. The Labute approximate surface area is 120 Å². The maximum Gasteiger partial charge on any atom is 0.166 e. The zero-order valence-electron chi connectivity index (χ0n) is 10.3. The lowest BCUT2D eigenvalue weighted by Gasteiger charge is -2.16.